The highest BCUT2D eigenvalue weighted by atomic mass is 79.9. The average Bonchev–Trinajstić information content (AvgIpc) is 2.82. The van der Waals surface area contributed by atoms with Gasteiger partial charge in [-0.2, -0.15) is 0 Å². The number of carbonyl (C=O) groups is 3. The van der Waals surface area contributed by atoms with Gasteiger partial charge in [0.25, 0.3) is 11.8 Å². The molecule has 178 valence electrons. The molecule has 10 heteroatoms. The maximum Gasteiger partial charge on any atom is 0.336 e. The van der Waals surface area contributed by atoms with Gasteiger partial charge in [0.15, 0.2) is 11.5 Å². The summed E-state index contributed by atoms with van der Waals surface area (Å²) < 4.78 is 39.3. The second-order valence-electron chi connectivity index (χ2n) is 7.36. The minimum Gasteiger partial charge on any atom is -0.493 e. The molecule has 7 nitrogen and oxygen atoms in total. The predicted octanol–water partition coefficient (Wildman–Crippen LogP) is 4.98. The van der Waals surface area contributed by atoms with Crippen molar-refractivity contribution in [1.29, 1.82) is 0 Å². The molecule has 1 aliphatic rings. The number of benzene rings is 3. The van der Waals surface area contributed by atoms with Crippen LogP contribution < -0.4 is 19.7 Å². The van der Waals surface area contributed by atoms with Gasteiger partial charge < -0.3 is 9.47 Å². The summed E-state index contributed by atoms with van der Waals surface area (Å²) in [6, 6.07) is 13.2. The molecule has 0 radical (unpaired) electrons. The Morgan fingerprint density at radius 2 is 1.80 bits per heavy atom. The normalized spacial score (nSPS) is 14.8. The molecule has 0 aromatic heterocycles. The van der Waals surface area contributed by atoms with E-state index < -0.39 is 29.5 Å². The highest BCUT2D eigenvalue weighted by Gasteiger charge is 2.38. The number of nitrogens with one attached hydrogen (secondary N) is 1. The van der Waals surface area contributed by atoms with Gasteiger partial charge >= 0.3 is 6.03 Å². The van der Waals surface area contributed by atoms with Crippen LogP contribution in [0.3, 0.4) is 0 Å². The van der Waals surface area contributed by atoms with E-state index in [1.165, 1.54) is 49.6 Å². The fraction of sp³-hybridized carbons (Fsp3) is 0.0800. The van der Waals surface area contributed by atoms with E-state index in [2.05, 4.69) is 15.9 Å². The van der Waals surface area contributed by atoms with Crippen LogP contribution in [0.1, 0.15) is 11.1 Å². The van der Waals surface area contributed by atoms with Crippen molar-refractivity contribution < 1.29 is 32.6 Å². The molecule has 4 amide bonds. The van der Waals surface area contributed by atoms with Crippen LogP contribution in [0.4, 0.5) is 19.3 Å². The van der Waals surface area contributed by atoms with Crippen LogP contribution in [-0.2, 0) is 16.2 Å². The number of hydrogen-bond acceptors (Lipinski definition) is 5. The van der Waals surface area contributed by atoms with Crippen LogP contribution in [-0.4, -0.2) is 25.0 Å². The monoisotopic (exact) mass is 542 g/mol. The van der Waals surface area contributed by atoms with E-state index >= 15 is 0 Å². The first-order chi connectivity index (χ1) is 16.8. The third-order valence-electron chi connectivity index (χ3n) is 5.03. The minimum absolute atomic E-state index is 0.0633. The van der Waals surface area contributed by atoms with Crippen LogP contribution >= 0.6 is 15.9 Å². The van der Waals surface area contributed by atoms with Crippen LogP contribution in [0.25, 0.3) is 6.08 Å². The summed E-state index contributed by atoms with van der Waals surface area (Å²) in [5.74, 6) is -2.50. The molecule has 3 aromatic carbocycles. The summed E-state index contributed by atoms with van der Waals surface area (Å²) >= 11 is 3.38. The second kappa shape index (κ2) is 10.1. The van der Waals surface area contributed by atoms with E-state index in [1.807, 2.05) is 5.32 Å². The largest absolute Gasteiger partial charge is 0.493 e. The number of amides is 4. The van der Waals surface area contributed by atoms with Crippen LogP contribution in [0.2, 0.25) is 0 Å². The summed E-state index contributed by atoms with van der Waals surface area (Å²) in [7, 11) is 1.41. The standard InChI is InChI=1S/C25H17BrF2N2O5/c1-34-21-12-15(11-18(26)22(21)35-13-14-5-4-6-16(27)9-14)10-17-23(31)29-25(33)30(24(17)32)20-8-3-2-7-19(20)28/h2-12H,13H2,1H3,(H,29,31,33)/b17-10-. The topological polar surface area (TPSA) is 84.9 Å². The van der Waals surface area contributed by atoms with Crippen molar-refractivity contribution in [3.8, 4) is 11.5 Å². The first-order valence-electron chi connectivity index (χ1n) is 10.2. The molecule has 0 atom stereocenters. The SMILES string of the molecule is COc1cc(/C=C2/C(=O)NC(=O)N(c3ccccc3F)C2=O)cc(Br)c1OCc1cccc(F)c1. The Morgan fingerprint density at radius 3 is 2.51 bits per heavy atom. The van der Waals surface area contributed by atoms with Gasteiger partial charge in [-0.1, -0.05) is 24.3 Å². The number of nitrogens with zero attached hydrogens (tertiary/aromatic N) is 1. The van der Waals surface area contributed by atoms with Gasteiger partial charge in [-0.3, -0.25) is 14.9 Å². The molecule has 0 spiro atoms. The third-order valence-corrected chi connectivity index (χ3v) is 5.62. The van der Waals surface area contributed by atoms with Crippen LogP contribution in [0.15, 0.2) is 70.7 Å². The van der Waals surface area contributed by atoms with Crippen molar-refractivity contribution in [2.45, 2.75) is 6.61 Å². The maximum absolute atomic E-state index is 14.2. The number of anilines is 1. The Morgan fingerprint density at radius 1 is 1.03 bits per heavy atom. The summed E-state index contributed by atoms with van der Waals surface area (Å²) in [5.41, 5.74) is 0.309. The molecule has 0 saturated carbocycles. The van der Waals surface area contributed by atoms with Crippen molar-refractivity contribution in [2.24, 2.45) is 0 Å². The highest BCUT2D eigenvalue weighted by Crippen LogP contribution is 2.38. The molecule has 0 bridgehead atoms. The van der Waals surface area contributed by atoms with Crippen LogP contribution in [0, 0.1) is 11.6 Å². The lowest BCUT2D eigenvalue weighted by Crippen LogP contribution is -2.54. The van der Waals surface area contributed by atoms with E-state index in [9.17, 15) is 23.2 Å². The number of urea groups is 1. The van der Waals surface area contributed by atoms with Gasteiger partial charge in [0.2, 0.25) is 0 Å². The number of para-hydroxylation sites is 1. The second-order valence-corrected chi connectivity index (χ2v) is 8.22. The van der Waals surface area contributed by atoms with Crippen molar-refractivity contribution in [3.05, 3.63) is 93.5 Å². The molecule has 1 N–H and O–H groups in total. The number of hydrogen-bond donors (Lipinski definition) is 1. The number of carbonyl (C=O) groups excluding carboxylic acids is 3. The van der Waals surface area contributed by atoms with Crippen molar-refractivity contribution in [2.75, 3.05) is 12.0 Å². The predicted molar refractivity (Wildman–Crippen MR) is 127 cm³/mol. The number of barbiturate groups is 1. The van der Waals surface area contributed by atoms with Gasteiger partial charge in [-0.25, -0.2) is 18.5 Å². The lowest BCUT2D eigenvalue weighted by atomic mass is 10.1. The highest BCUT2D eigenvalue weighted by molar-refractivity contribution is 9.10. The lowest BCUT2D eigenvalue weighted by Gasteiger charge is -2.26. The molecule has 1 fully saturated rings. The molecule has 35 heavy (non-hydrogen) atoms. The molecule has 0 aliphatic carbocycles. The zero-order chi connectivity index (χ0) is 25.1. The van der Waals surface area contributed by atoms with E-state index in [0.29, 0.717) is 26.2 Å². The van der Waals surface area contributed by atoms with E-state index in [0.717, 1.165) is 6.07 Å². The zero-order valence-electron chi connectivity index (χ0n) is 18.2. The molecule has 4 rings (SSSR count). The number of imide groups is 2. The van der Waals surface area contributed by atoms with Crippen molar-refractivity contribution >= 4 is 45.5 Å². The Bertz CT molecular complexity index is 1380. The van der Waals surface area contributed by atoms with Crippen molar-refractivity contribution in [3.63, 3.8) is 0 Å². The molecule has 1 aliphatic heterocycles. The minimum atomic E-state index is -1.05. The third kappa shape index (κ3) is 5.07. The summed E-state index contributed by atoms with van der Waals surface area (Å²) in [4.78, 5) is 38.3. The van der Waals surface area contributed by atoms with Crippen LogP contribution in [0.5, 0.6) is 11.5 Å². The quantitative estimate of drug-likeness (QED) is 0.350. The summed E-state index contributed by atoms with van der Waals surface area (Å²) in [6.45, 7) is 0.0633. The smallest absolute Gasteiger partial charge is 0.336 e. The van der Waals surface area contributed by atoms with Gasteiger partial charge in [-0.05, 0) is 69.5 Å². The Labute approximate surface area is 207 Å². The fourth-order valence-corrected chi connectivity index (χ4v) is 4.00. The molecular weight excluding hydrogens is 526 g/mol. The molecule has 3 aromatic rings. The van der Waals surface area contributed by atoms with E-state index in [4.69, 9.17) is 9.47 Å². The Hall–Kier alpha value is -4.05. The molecular formula is C25H17BrF2N2O5. The lowest BCUT2D eigenvalue weighted by molar-refractivity contribution is -0.122. The van der Waals surface area contributed by atoms with Gasteiger partial charge in [0.1, 0.15) is 23.8 Å². The molecule has 1 heterocycles. The maximum atomic E-state index is 14.2. The van der Waals surface area contributed by atoms with Gasteiger partial charge in [0, 0.05) is 0 Å². The number of ether oxygens (including phenoxy) is 2. The summed E-state index contributed by atoms with van der Waals surface area (Å²) in [6.07, 6.45) is 1.25. The number of methoxy groups -OCH3 is 1. The van der Waals surface area contributed by atoms with Gasteiger partial charge in [-0.15, -0.1) is 0 Å². The molecule has 0 unspecified atom stereocenters. The zero-order valence-corrected chi connectivity index (χ0v) is 19.8. The number of halogens is 3. The van der Waals surface area contributed by atoms with E-state index in [1.54, 1.807) is 18.2 Å². The molecule has 1 saturated heterocycles. The average molecular weight is 543 g/mol. The Kier molecular flexibility index (Phi) is 6.92. The van der Waals surface area contributed by atoms with E-state index in [-0.39, 0.29) is 23.6 Å². The fourth-order valence-electron chi connectivity index (χ4n) is 3.42. The number of rotatable bonds is 6. The Balaban J connectivity index is 1.65. The van der Waals surface area contributed by atoms with Crippen molar-refractivity contribution in [1.82, 2.24) is 5.32 Å². The first-order valence-corrected chi connectivity index (χ1v) is 11.0. The first kappa shape index (κ1) is 24.1. The summed E-state index contributed by atoms with van der Waals surface area (Å²) in [5, 5.41) is 2.05. The van der Waals surface area contributed by atoms with Gasteiger partial charge in [0.05, 0.1) is 17.3 Å².